The Morgan fingerprint density at radius 2 is 2.33 bits per heavy atom. The SMILES string of the molecule is COC(=O)c1cc(C(F)F)c(CN)cn1. The number of alkyl halides is 2. The quantitative estimate of drug-likeness (QED) is 0.772. The van der Waals surface area contributed by atoms with E-state index in [-0.39, 0.29) is 23.4 Å². The average molecular weight is 216 g/mol. The summed E-state index contributed by atoms with van der Waals surface area (Å²) in [6.07, 6.45) is -1.52. The van der Waals surface area contributed by atoms with Gasteiger partial charge in [0.1, 0.15) is 5.69 Å². The summed E-state index contributed by atoms with van der Waals surface area (Å²) in [5, 5.41) is 0. The van der Waals surface area contributed by atoms with E-state index in [0.29, 0.717) is 0 Å². The number of hydrogen-bond acceptors (Lipinski definition) is 4. The van der Waals surface area contributed by atoms with Crippen molar-refractivity contribution in [1.29, 1.82) is 0 Å². The molecule has 2 N–H and O–H groups in total. The first-order chi connectivity index (χ1) is 7.10. The molecule has 0 radical (unpaired) electrons. The minimum atomic E-state index is -2.69. The monoisotopic (exact) mass is 216 g/mol. The van der Waals surface area contributed by atoms with Crippen LogP contribution in [0.4, 0.5) is 8.78 Å². The molecule has 0 bridgehead atoms. The first-order valence-electron chi connectivity index (χ1n) is 4.15. The molecule has 0 atom stereocenters. The van der Waals surface area contributed by atoms with Crippen molar-refractivity contribution in [2.75, 3.05) is 7.11 Å². The molecule has 1 rings (SSSR count). The maximum Gasteiger partial charge on any atom is 0.356 e. The van der Waals surface area contributed by atoms with E-state index >= 15 is 0 Å². The lowest BCUT2D eigenvalue weighted by molar-refractivity contribution is 0.0593. The smallest absolute Gasteiger partial charge is 0.356 e. The Morgan fingerprint density at radius 1 is 1.67 bits per heavy atom. The molecule has 0 amide bonds. The number of methoxy groups -OCH3 is 1. The van der Waals surface area contributed by atoms with E-state index in [1.807, 2.05) is 0 Å². The van der Waals surface area contributed by atoms with E-state index in [1.54, 1.807) is 0 Å². The number of rotatable bonds is 3. The molecular formula is C9H10F2N2O2. The number of carbonyl (C=O) groups excluding carboxylic acids is 1. The highest BCUT2D eigenvalue weighted by Crippen LogP contribution is 2.23. The Hall–Kier alpha value is -1.56. The molecule has 0 aliphatic carbocycles. The average Bonchev–Trinajstić information content (AvgIpc) is 2.27. The second kappa shape index (κ2) is 4.79. The van der Waals surface area contributed by atoms with Crippen LogP contribution in [0.1, 0.15) is 28.0 Å². The molecule has 0 unspecified atom stereocenters. The third-order valence-corrected chi connectivity index (χ3v) is 1.87. The third-order valence-electron chi connectivity index (χ3n) is 1.87. The van der Waals surface area contributed by atoms with Crippen molar-refractivity contribution in [3.8, 4) is 0 Å². The molecule has 0 saturated heterocycles. The van der Waals surface area contributed by atoms with Gasteiger partial charge in [-0.25, -0.2) is 18.6 Å². The van der Waals surface area contributed by atoms with Crippen LogP contribution in [-0.2, 0) is 11.3 Å². The van der Waals surface area contributed by atoms with Crippen LogP contribution in [0, 0.1) is 0 Å². The molecule has 0 fully saturated rings. The largest absolute Gasteiger partial charge is 0.464 e. The fourth-order valence-corrected chi connectivity index (χ4v) is 1.09. The van der Waals surface area contributed by atoms with Crippen molar-refractivity contribution in [2.24, 2.45) is 5.73 Å². The summed E-state index contributed by atoms with van der Waals surface area (Å²) < 4.78 is 29.4. The number of halogens is 2. The molecule has 0 aromatic carbocycles. The minimum absolute atomic E-state index is 0.0475. The topological polar surface area (TPSA) is 65.2 Å². The predicted molar refractivity (Wildman–Crippen MR) is 48.4 cm³/mol. The van der Waals surface area contributed by atoms with Crippen LogP contribution in [-0.4, -0.2) is 18.1 Å². The zero-order chi connectivity index (χ0) is 11.4. The minimum Gasteiger partial charge on any atom is -0.464 e. The number of ether oxygens (including phenoxy) is 1. The van der Waals surface area contributed by atoms with Gasteiger partial charge in [-0.3, -0.25) is 0 Å². The predicted octanol–water partition coefficient (Wildman–Crippen LogP) is 1.26. The van der Waals surface area contributed by atoms with Crippen LogP contribution in [0.5, 0.6) is 0 Å². The van der Waals surface area contributed by atoms with Gasteiger partial charge in [-0.1, -0.05) is 0 Å². The summed E-state index contributed by atoms with van der Waals surface area (Å²) in [6, 6.07) is 0.999. The van der Waals surface area contributed by atoms with Gasteiger partial charge in [-0.05, 0) is 11.6 Å². The van der Waals surface area contributed by atoms with Gasteiger partial charge in [0.2, 0.25) is 0 Å². The lowest BCUT2D eigenvalue weighted by Gasteiger charge is -2.07. The van der Waals surface area contributed by atoms with Crippen LogP contribution in [0.3, 0.4) is 0 Å². The van der Waals surface area contributed by atoms with Crippen molar-refractivity contribution >= 4 is 5.97 Å². The van der Waals surface area contributed by atoms with Crippen LogP contribution >= 0.6 is 0 Å². The summed E-state index contributed by atoms with van der Waals surface area (Å²) in [6.45, 7) is -0.0475. The normalized spacial score (nSPS) is 10.5. The van der Waals surface area contributed by atoms with E-state index < -0.39 is 12.4 Å². The standard InChI is InChI=1S/C9H10F2N2O2/c1-15-9(14)7-2-6(8(10)11)5(3-12)4-13-7/h2,4,8H,3,12H2,1H3. The number of aromatic nitrogens is 1. The zero-order valence-corrected chi connectivity index (χ0v) is 8.04. The van der Waals surface area contributed by atoms with Gasteiger partial charge in [-0.2, -0.15) is 0 Å². The molecule has 1 aromatic heterocycles. The van der Waals surface area contributed by atoms with Crippen molar-refractivity contribution in [3.63, 3.8) is 0 Å². The van der Waals surface area contributed by atoms with Gasteiger partial charge in [0.25, 0.3) is 6.43 Å². The maximum atomic E-state index is 12.5. The number of hydrogen-bond donors (Lipinski definition) is 1. The second-order valence-electron chi connectivity index (χ2n) is 2.76. The lowest BCUT2D eigenvalue weighted by Crippen LogP contribution is -2.09. The molecule has 82 valence electrons. The molecule has 0 aliphatic heterocycles. The first kappa shape index (κ1) is 11.5. The highest BCUT2D eigenvalue weighted by Gasteiger charge is 2.16. The Balaban J connectivity index is 3.16. The van der Waals surface area contributed by atoms with Gasteiger partial charge < -0.3 is 10.5 Å². The van der Waals surface area contributed by atoms with Crippen molar-refractivity contribution < 1.29 is 18.3 Å². The van der Waals surface area contributed by atoms with Crippen LogP contribution < -0.4 is 5.73 Å². The molecule has 6 heteroatoms. The van der Waals surface area contributed by atoms with Gasteiger partial charge >= 0.3 is 5.97 Å². The van der Waals surface area contributed by atoms with Gasteiger partial charge in [0.05, 0.1) is 7.11 Å². The number of nitrogens with two attached hydrogens (primary N) is 1. The van der Waals surface area contributed by atoms with Crippen LogP contribution in [0.25, 0.3) is 0 Å². The Labute approximate surface area is 85.1 Å². The summed E-state index contributed by atoms with van der Waals surface area (Å²) in [5.41, 5.74) is 5.05. The van der Waals surface area contributed by atoms with E-state index in [9.17, 15) is 13.6 Å². The Morgan fingerprint density at radius 3 is 2.80 bits per heavy atom. The molecule has 1 heterocycles. The van der Waals surface area contributed by atoms with Crippen LogP contribution in [0.2, 0.25) is 0 Å². The molecular weight excluding hydrogens is 206 g/mol. The summed E-state index contributed by atoms with van der Waals surface area (Å²) in [7, 11) is 1.16. The van der Waals surface area contributed by atoms with Gasteiger partial charge in [-0.15, -0.1) is 0 Å². The van der Waals surface area contributed by atoms with E-state index in [2.05, 4.69) is 9.72 Å². The van der Waals surface area contributed by atoms with E-state index in [4.69, 9.17) is 5.73 Å². The zero-order valence-electron chi connectivity index (χ0n) is 8.04. The summed E-state index contributed by atoms with van der Waals surface area (Å²) >= 11 is 0. The summed E-state index contributed by atoms with van der Waals surface area (Å²) in [5.74, 6) is -0.750. The first-order valence-corrected chi connectivity index (χ1v) is 4.15. The maximum absolute atomic E-state index is 12.5. The van der Waals surface area contributed by atoms with Crippen LogP contribution in [0.15, 0.2) is 12.3 Å². The van der Waals surface area contributed by atoms with E-state index in [1.165, 1.54) is 0 Å². The number of pyridine rings is 1. The Kier molecular flexibility index (Phi) is 3.68. The number of carbonyl (C=O) groups is 1. The molecule has 0 saturated carbocycles. The number of nitrogens with zero attached hydrogens (tertiary/aromatic N) is 1. The van der Waals surface area contributed by atoms with Gasteiger partial charge in [0, 0.05) is 18.3 Å². The fourth-order valence-electron chi connectivity index (χ4n) is 1.09. The fraction of sp³-hybridized carbons (Fsp3) is 0.333. The number of esters is 1. The molecule has 0 spiro atoms. The third kappa shape index (κ3) is 2.47. The lowest BCUT2D eigenvalue weighted by atomic mass is 10.1. The highest BCUT2D eigenvalue weighted by atomic mass is 19.3. The van der Waals surface area contributed by atoms with Crippen molar-refractivity contribution in [3.05, 3.63) is 29.1 Å². The van der Waals surface area contributed by atoms with Gasteiger partial charge in [0.15, 0.2) is 0 Å². The summed E-state index contributed by atoms with van der Waals surface area (Å²) in [4.78, 5) is 14.7. The molecule has 0 aliphatic rings. The molecule has 1 aromatic rings. The van der Waals surface area contributed by atoms with E-state index in [0.717, 1.165) is 19.4 Å². The Bertz CT molecular complexity index is 369. The molecule has 4 nitrogen and oxygen atoms in total. The second-order valence-corrected chi connectivity index (χ2v) is 2.76. The van der Waals surface area contributed by atoms with Crippen molar-refractivity contribution in [1.82, 2.24) is 4.98 Å². The molecule has 15 heavy (non-hydrogen) atoms. The van der Waals surface area contributed by atoms with Crippen molar-refractivity contribution in [2.45, 2.75) is 13.0 Å². The highest BCUT2D eigenvalue weighted by molar-refractivity contribution is 5.87.